The summed E-state index contributed by atoms with van der Waals surface area (Å²) in [7, 11) is 0. The summed E-state index contributed by atoms with van der Waals surface area (Å²) in [6, 6.07) is 0. The first-order valence-corrected chi connectivity index (χ1v) is 7.26. The smallest absolute Gasteiger partial charge is 0.000781 e. The molecule has 2 N–H and O–H groups in total. The summed E-state index contributed by atoms with van der Waals surface area (Å²) in [6.07, 6.45) is 9.92. The normalized spacial score (nSPS) is 27.9. The Labute approximate surface area is 101 Å². The monoisotopic (exact) mass is 224 g/mol. The zero-order valence-corrected chi connectivity index (χ0v) is 10.9. The van der Waals surface area contributed by atoms with Crippen LogP contribution in [-0.4, -0.2) is 26.2 Å². The Hall–Kier alpha value is -0.0800. The molecular formula is C14H28N2. The fourth-order valence-electron chi connectivity index (χ4n) is 3.05. The molecule has 0 radical (unpaired) electrons. The molecule has 1 aliphatic carbocycles. The summed E-state index contributed by atoms with van der Waals surface area (Å²) in [5.41, 5.74) is 0.722. The van der Waals surface area contributed by atoms with Crippen molar-refractivity contribution in [3.63, 3.8) is 0 Å². The molecule has 0 amide bonds. The van der Waals surface area contributed by atoms with Gasteiger partial charge < -0.3 is 10.6 Å². The highest BCUT2D eigenvalue weighted by atomic mass is 14.9. The van der Waals surface area contributed by atoms with Gasteiger partial charge in [0.05, 0.1) is 0 Å². The second-order valence-electron chi connectivity index (χ2n) is 5.93. The van der Waals surface area contributed by atoms with Gasteiger partial charge in [0.2, 0.25) is 0 Å². The lowest BCUT2D eigenvalue weighted by molar-refractivity contribution is 0.341. The highest BCUT2D eigenvalue weighted by molar-refractivity contribution is 4.94. The molecular weight excluding hydrogens is 196 g/mol. The summed E-state index contributed by atoms with van der Waals surface area (Å²) in [6.45, 7) is 7.32. The van der Waals surface area contributed by atoms with Gasteiger partial charge in [-0.1, -0.05) is 13.3 Å². The lowest BCUT2D eigenvalue weighted by Crippen LogP contribution is -2.33. The molecule has 0 spiro atoms. The molecule has 94 valence electrons. The first kappa shape index (κ1) is 12.4. The number of hydrogen-bond acceptors (Lipinski definition) is 2. The van der Waals surface area contributed by atoms with Gasteiger partial charge in [-0.3, -0.25) is 0 Å². The van der Waals surface area contributed by atoms with Crippen molar-refractivity contribution in [3.05, 3.63) is 0 Å². The van der Waals surface area contributed by atoms with E-state index < -0.39 is 0 Å². The van der Waals surface area contributed by atoms with Crippen molar-refractivity contribution in [3.8, 4) is 0 Å². The topological polar surface area (TPSA) is 24.1 Å². The Morgan fingerprint density at radius 2 is 2.25 bits per heavy atom. The molecule has 0 aromatic rings. The van der Waals surface area contributed by atoms with Crippen molar-refractivity contribution in [2.75, 3.05) is 26.2 Å². The van der Waals surface area contributed by atoms with Crippen LogP contribution in [-0.2, 0) is 0 Å². The minimum atomic E-state index is 0.722. The first-order valence-electron chi connectivity index (χ1n) is 7.26. The molecule has 0 aromatic heterocycles. The van der Waals surface area contributed by atoms with Gasteiger partial charge in [0.1, 0.15) is 0 Å². The van der Waals surface area contributed by atoms with E-state index >= 15 is 0 Å². The molecule has 1 aliphatic heterocycles. The third-order valence-corrected chi connectivity index (χ3v) is 4.37. The van der Waals surface area contributed by atoms with E-state index in [9.17, 15) is 0 Å². The summed E-state index contributed by atoms with van der Waals surface area (Å²) >= 11 is 0. The number of rotatable bonds is 7. The predicted molar refractivity (Wildman–Crippen MR) is 69.7 cm³/mol. The van der Waals surface area contributed by atoms with Crippen molar-refractivity contribution >= 4 is 0 Å². The number of hydrogen-bond donors (Lipinski definition) is 2. The highest BCUT2D eigenvalue weighted by Gasteiger charge is 2.40. The number of piperidine rings is 1. The predicted octanol–water partition coefficient (Wildman–Crippen LogP) is 2.55. The Balaban J connectivity index is 1.51. The number of nitrogens with one attached hydrogen (secondary N) is 2. The quantitative estimate of drug-likeness (QED) is 0.649. The fourth-order valence-corrected chi connectivity index (χ4v) is 3.05. The second kappa shape index (κ2) is 6.02. The summed E-state index contributed by atoms with van der Waals surface area (Å²) in [4.78, 5) is 0. The van der Waals surface area contributed by atoms with E-state index in [2.05, 4.69) is 17.6 Å². The van der Waals surface area contributed by atoms with E-state index in [1.54, 1.807) is 0 Å². The largest absolute Gasteiger partial charge is 0.316 e. The van der Waals surface area contributed by atoms with Gasteiger partial charge in [-0.05, 0) is 69.5 Å². The SMILES string of the molecule is CCCC1(CNCCC2CCCNC2)CC1. The van der Waals surface area contributed by atoms with Crippen molar-refractivity contribution in [2.24, 2.45) is 11.3 Å². The lowest BCUT2D eigenvalue weighted by Gasteiger charge is -2.23. The lowest BCUT2D eigenvalue weighted by atomic mass is 9.96. The molecule has 0 aromatic carbocycles. The van der Waals surface area contributed by atoms with Crippen molar-refractivity contribution < 1.29 is 0 Å². The molecule has 1 heterocycles. The van der Waals surface area contributed by atoms with Crippen LogP contribution in [0.3, 0.4) is 0 Å². The van der Waals surface area contributed by atoms with E-state index in [-0.39, 0.29) is 0 Å². The van der Waals surface area contributed by atoms with Gasteiger partial charge in [0, 0.05) is 6.54 Å². The summed E-state index contributed by atoms with van der Waals surface area (Å²) in [5, 5.41) is 7.19. The molecule has 1 unspecified atom stereocenters. The van der Waals surface area contributed by atoms with Crippen molar-refractivity contribution in [2.45, 2.75) is 51.9 Å². The second-order valence-corrected chi connectivity index (χ2v) is 5.93. The van der Waals surface area contributed by atoms with Crippen LogP contribution in [0.1, 0.15) is 51.9 Å². The summed E-state index contributed by atoms with van der Waals surface area (Å²) < 4.78 is 0. The minimum absolute atomic E-state index is 0.722. The molecule has 2 heteroatoms. The van der Waals surface area contributed by atoms with Crippen molar-refractivity contribution in [1.29, 1.82) is 0 Å². The maximum absolute atomic E-state index is 3.69. The molecule has 2 rings (SSSR count). The highest BCUT2D eigenvalue weighted by Crippen LogP contribution is 2.48. The molecule has 2 aliphatic rings. The van der Waals surface area contributed by atoms with E-state index in [1.807, 2.05) is 0 Å². The zero-order valence-electron chi connectivity index (χ0n) is 10.9. The Morgan fingerprint density at radius 3 is 2.88 bits per heavy atom. The molecule has 1 atom stereocenters. The van der Waals surface area contributed by atoms with Gasteiger partial charge in [-0.15, -0.1) is 0 Å². The average Bonchev–Trinajstić information content (AvgIpc) is 3.07. The van der Waals surface area contributed by atoms with Crippen LogP contribution < -0.4 is 10.6 Å². The third-order valence-electron chi connectivity index (χ3n) is 4.37. The van der Waals surface area contributed by atoms with Crippen LogP contribution in [0.15, 0.2) is 0 Å². The van der Waals surface area contributed by atoms with E-state index in [4.69, 9.17) is 0 Å². The van der Waals surface area contributed by atoms with E-state index in [0.717, 1.165) is 11.3 Å². The minimum Gasteiger partial charge on any atom is -0.316 e. The van der Waals surface area contributed by atoms with Gasteiger partial charge in [0.15, 0.2) is 0 Å². The Kier molecular flexibility index (Phi) is 4.66. The van der Waals surface area contributed by atoms with Crippen LogP contribution in [0.5, 0.6) is 0 Å². The van der Waals surface area contributed by atoms with Crippen LogP contribution in [0, 0.1) is 11.3 Å². The fraction of sp³-hybridized carbons (Fsp3) is 1.00. The zero-order chi connectivity index (χ0) is 11.3. The molecule has 0 bridgehead atoms. The molecule has 16 heavy (non-hydrogen) atoms. The van der Waals surface area contributed by atoms with Gasteiger partial charge >= 0.3 is 0 Å². The van der Waals surface area contributed by atoms with Gasteiger partial charge in [-0.2, -0.15) is 0 Å². The standard InChI is InChI=1S/C14H28N2/c1-2-6-14(7-8-14)12-16-10-5-13-4-3-9-15-11-13/h13,15-16H,2-12H2,1H3. The third kappa shape index (κ3) is 3.74. The Bertz CT molecular complexity index is 193. The van der Waals surface area contributed by atoms with Gasteiger partial charge in [0.25, 0.3) is 0 Å². The molecule has 2 fully saturated rings. The van der Waals surface area contributed by atoms with Crippen LogP contribution in [0.25, 0.3) is 0 Å². The summed E-state index contributed by atoms with van der Waals surface area (Å²) in [5.74, 6) is 0.933. The van der Waals surface area contributed by atoms with Crippen molar-refractivity contribution in [1.82, 2.24) is 10.6 Å². The molecule has 1 saturated carbocycles. The Morgan fingerprint density at radius 1 is 1.38 bits per heavy atom. The van der Waals surface area contributed by atoms with Crippen LogP contribution >= 0.6 is 0 Å². The van der Waals surface area contributed by atoms with E-state index in [1.165, 1.54) is 71.1 Å². The first-order chi connectivity index (χ1) is 7.85. The maximum Gasteiger partial charge on any atom is 0.000781 e. The molecule has 2 nitrogen and oxygen atoms in total. The average molecular weight is 224 g/mol. The van der Waals surface area contributed by atoms with Crippen LogP contribution in [0.4, 0.5) is 0 Å². The van der Waals surface area contributed by atoms with Gasteiger partial charge in [-0.25, -0.2) is 0 Å². The maximum atomic E-state index is 3.69. The molecule has 1 saturated heterocycles. The van der Waals surface area contributed by atoms with E-state index in [0.29, 0.717) is 0 Å². The van der Waals surface area contributed by atoms with Crippen LogP contribution in [0.2, 0.25) is 0 Å².